The molecule has 0 spiro atoms. The van der Waals surface area contributed by atoms with Crippen LogP contribution in [0, 0.1) is 0 Å². The van der Waals surface area contributed by atoms with Crippen LogP contribution >= 0.6 is 7.29 Å². The highest BCUT2D eigenvalue weighted by molar-refractivity contribution is 7.76. The molecule has 4 aromatic carbocycles. The molecule has 1 N–H and O–H groups in total. The summed E-state index contributed by atoms with van der Waals surface area (Å²) in [6.07, 6.45) is 0.427. The molecule has 0 amide bonds. The normalized spacial score (nSPS) is 12.6. The number of ether oxygens (including phenoxy) is 2. The molecule has 0 fully saturated rings. The fourth-order valence-electron chi connectivity index (χ4n) is 4.16. The van der Waals surface area contributed by atoms with Crippen molar-refractivity contribution in [3.8, 4) is 11.5 Å². The number of benzene rings is 4. The fourth-order valence-corrected chi connectivity index (χ4v) is 6.62. The molecule has 0 aromatic heterocycles. The van der Waals surface area contributed by atoms with Gasteiger partial charge in [0.1, 0.15) is 18.6 Å². The van der Waals surface area contributed by atoms with Gasteiger partial charge in [0.15, 0.2) is 0 Å². The smallest absolute Gasteiger partial charge is 0.205 e. The maximum atomic E-state index is 14.9. The van der Waals surface area contributed by atoms with Crippen molar-refractivity contribution in [3.05, 3.63) is 120 Å². The third-order valence-electron chi connectivity index (χ3n) is 6.12. The van der Waals surface area contributed by atoms with Crippen LogP contribution in [0.25, 0.3) is 0 Å². The van der Waals surface area contributed by atoms with E-state index in [9.17, 15) is 4.57 Å². The first kappa shape index (κ1) is 26.2. The first-order valence-electron chi connectivity index (χ1n) is 11.9. The van der Waals surface area contributed by atoms with Crippen LogP contribution in [0.1, 0.15) is 23.6 Å². The molecule has 1 unspecified atom stereocenters. The summed E-state index contributed by atoms with van der Waals surface area (Å²) in [5.74, 6) is 1.50. The molecule has 0 bridgehead atoms. The third-order valence-corrected chi connectivity index (χ3v) is 8.84. The van der Waals surface area contributed by atoms with Gasteiger partial charge in [-0.15, -0.1) is 0 Å². The van der Waals surface area contributed by atoms with Gasteiger partial charge in [-0.2, -0.15) is 0 Å². The summed E-state index contributed by atoms with van der Waals surface area (Å²) in [6.45, 7) is 0. The lowest BCUT2D eigenvalue weighted by Gasteiger charge is -2.28. The van der Waals surface area contributed by atoms with Crippen molar-refractivity contribution in [3.63, 3.8) is 0 Å². The van der Waals surface area contributed by atoms with Crippen LogP contribution in [-0.4, -0.2) is 27.0 Å². The average molecular weight is 515 g/mol. The molecule has 4 aromatic rings. The minimum atomic E-state index is -3.24. The molecule has 0 saturated heterocycles. The quantitative estimate of drug-likeness (QED) is 0.158. The molecule has 37 heavy (non-hydrogen) atoms. The SMILES string of the molecule is CO/N=C(\CC(NP(=O)(c1ccccc1)c1ccccc1)c1ccc(OC)cc1)c1ccc(OC)cc1. The maximum Gasteiger partial charge on any atom is 0.205 e. The molecule has 7 heteroatoms. The molecule has 0 heterocycles. The van der Waals surface area contributed by atoms with Crippen LogP contribution in [0.3, 0.4) is 0 Å². The number of nitrogens with zero attached hydrogens (tertiary/aromatic N) is 1. The number of rotatable bonds is 11. The second-order valence-corrected chi connectivity index (χ2v) is 10.9. The number of nitrogens with one attached hydrogen (secondary N) is 1. The third kappa shape index (κ3) is 6.29. The van der Waals surface area contributed by atoms with Crippen molar-refractivity contribution < 1.29 is 18.9 Å². The van der Waals surface area contributed by atoms with E-state index in [0.29, 0.717) is 12.1 Å². The molecule has 1 atom stereocenters. The Morgan fingerprint density at radius 2 is 1.22 bits per heavy atom. The van der Waals surface area contributed by atoms with Crippen LogP contribution in [0.15, 0.2) is 114 Å². The highest BCUT2D eigenvalue weighted by Gasteiger charge is 2.31. The van der Waals surface area contributed by atoms with Gasteiger partial charge < -0.3 is 14.3 Å². The summed E-state index contributed by atoms with van der Waals surface area (Å²) in [5, 5.41) is 9.36. The first-order chi connectivity index (χ1) is 18.1. The Bertz CT molecular complexity index is 1300. The predicted molar refractivity (Wildman–Crippen MR) is 150 cm³/mol. The molecule has 190 valence electrons. The Kier molecular flexibility index (Phi) is 8.78. The predicted octanol–water partition coefficient (Wildman–Crippen LogP) is 5.70. The zero-order valence-electron chi connectivity index (χ0n) is 21.2. The molecular weight excluding hydrogens is 483 g/mol. The van der Waals surface area contributed by atoms with Gasteiger partial charge >= 0.3 is 0 Å². The Morgan fingerprint density at radius 3 is 1.68 bits per heavy atom. The Morgan fingerprint density at radius 1 is 0.730 bits per heavy atom. The molecular formula is C30H31N2O4P. The van der Waals surface area contributed by atoms with Crippen LogP contribution < -0.4 is 25.2 Å². The molecule has 0 radical (unpaired) electrons. The summed E-state index contributed by atoms with van der Waals surface area (Å²) < 4.78 is 25.5. The van der Waals surface area contributed by atoms with E-state index < -0.39 is 7.29 Å². The number of oxime groups is 1. The molecule has 0 aliphatic carbocycles. The van der Waals surface area contributed by atoms with Crippen LogP contribution in [0.5, 0.6) is 11.5 Å². The fraction of sp³-hybridized carbons (Fsp3) is 0.167. The Labute approximate surface area is 218 Å². The number of methoxy groups -OCH3 is 2. The standard InChI is InChI=1S/C30H31N2O4P/c1-34-25-18-14-23(15-19-25)29(31-36-3)22-30(24-16-20-26(35-2)21-17-24)32-37(33,27-10-6-4-7-11-27)28-12-8-5-9-13-28/h4-21,30H,22H2,1-3H3,(H,32,33)/b31-29+. The van der Waals surface area contributed by atoms with Gasteiger partial charge in [0.25, 0.3) is 0 Å². The van der Waals surface area contributed by atoms with Crippen LogP contribution in [-0.2, 0) is 9.40 Å². The summed E-state index contributed by atoms with van der Waals surface area (Å²) in [5.41, 5.74) is 2.55. The van der Waals surface area contributed by atoms with Gasteiger partial charge in [0.2, 0.25) is 7.29 Å². The van der Waals surface area contributed by atoms with Gasteiger partial charge in [-0.1, -0.05) is 53.7 Å². The topological polar surface area (TPSA) is 69.2 Å². The van der Waals surface area contributed by atoms with E-state index in [1.807, 2.05) is 109 Å². The zero-order chi connectivity index (χ0) is 26.1. The Hall–Kier alpha value is -3.86. The lowest BCUT2D eigenvalue weighted by Crippen LogP contribution is -2.32. The van der Waals surface area contributed by atoms with E-state index in [1.54, 1.807) is 14.2 Å². The van der Waals surface area contributed by atoms with E-state index >= 15 is 0 Å². The first-order valence-corrected chi connectivity index (χ1v) is 13.7. The lowest BCUT2D eigenvalue weighted by atomic mass is 9.98. The maximum absolute atomic E-state index is 14.9. The summed E-state index contributed by atoms with van der Waals surface area (Å²) in [4.78, 5) is 5.23. The summed E-state index contributed by atoms with van der Waals surface area (Å²) >= 11 is 0. The van der Waals surface area contributed by atoms with Crippen molar-refractivity contribution in [1.29, 1.82) is 0 Å². The Balaban J connectivity index is 1.79. The molecule has 0 saturated carbocycles. The molecule has 6 nitrogen and oxygen atoms in total. The van der Waals surface area contributed by atoms with E-state index in [-0.39, 0.29) is 6.04 Å². The minimum absolute atomic E-state index is 0.354. The van der Waals surface area contributed by atoms with E-state index in [1.165, 1.54) is 7.11 Å². The van der Waals surface area contributed by atoms with Crippen molar-refractivity contribution >= 4 is 23.6 Å². The van der Waals surface area contributed by atoms with Gasteiger partial charge in [0.05, 0.1) is 19.9 Å². The van der Waals surface area contributed by atoms with Gasteiger partial charge in [0, 0.05) is 23.1 Å². The highest BCUT2D eigenvalue weighted by atomic mass is 31.2. The monoisotopic (exact) mass is 514 g/mol. The van der Waals surface area contributed by atoms with Crippen molar-refractivity contribution in [2.75, 3.05) is 21.3 Å². The van der Waals surface area contributed by atoms with Gasteiger partial charge in [-0.05, 0) is 71.8 Å². The van der Waals surface area contributed by atoms with E-state index in [2.05, 4.69) is 10.2 Å². The number of hydrogen-bond acceptors (Lipinski definition) is 5. The van der Waals surface area contributed by atoms with E-state index in [4.69, 9.17) is 14.3 Å². The highest BCUT2D eigenvalue weighted by Crippen LogP contribution is 2.43. The minimum Gasteiger partial charge on any atom is -0.497 e. The average Bonchev–Trinajstić information content (AvgIpc) is 2.97. The number of hydrogen-bond donors (Lipinski definition) is 1. The van der Waals surface area contributed by atoms with Crippen LogP contribution in [0.4, 0.5) is 0 Å². The van der Waals surface area contributed by atoms with Crippen molar-refractivity contribution in [1.82, 2.24) is 5.09 Å². The summed E-state index contributed by atoms with van der Waals surface area (Å²) in [6, 6.07) is 34.1. The lowest BCUT2D eigenvalue weighted by molar-refractivity contribution is 0.212. The second-order valence-electron chi connectivity index (χ2n) is 8.39. The zero-order valence-corrected chi connectivity index (χ0v) is 22.1. The molecule has 0 aliphatic rings. The van der Waals surface area contributed by atoms with E-state index in [0.717, 1.165) is 33.2 Å². The summed E-state index contributed by atoms with van der Waals surface area (Å²) in [7, 11) is 1.55. The van der Waals surface area contributed by atoms with Crippen molar-refractivity contribution in [2.24, 2.45) is 5.16 Å². The van der Waals surface area contributed by atoms with Gasteiger partial charge in [-0.3, -0.25) is 9.65 Å². The molecule has 4 rings (SSSR count). The van der Waals surface area contributed by atoms with Crippen LogP contribution in [0.2, 0.25) is 0 Å². The largest absolute Gasteiger partial charge is 0.497 e. The second kappa shape index (κ2) is 12.4. The van der Waals surface area contributed by atoms with Gasteiger partial charge in [-0.25, -0.2) is 0 Å². The molecule has 0 aliphatic heterocycles. The van der Waals surface area contributed by atoms with Crippen molar-refractivity contribution in [2.45, 2.75) is 12.5 Å².